The van der Waals surface area contributed by atoms with Gasteiger partial charge in [0.05, 0.1) is 5.56 Å². The molecule has 1 heterocycles. The first-order chi connectivity index (χ1) is 8.04. The lowest BCUT2D eigenvalue weighted by Crippen LogP contribution is -2.31. The lowest BCUT2D eigenvalue weighted by atomic mass is 10.2. The fourth-order valence-corrected chi connectivity index (χ4v) is 1.97. The zero-order valence-corrected chi connectivity index (χ0v) is 9.80. The quantitative estimate of drug-likeness (QED) is 0.776. The maximum atomic E-state index is 12.8. The minimum absolute atomic E-state index is 0.00292. The number of halogens is 4. The van der Waals surface area contributed by atoms with Gasteiger partial charge in [-0.2, -0.15) is 13.2 Å². The van der Waals surface area contributed by atoms with E-state index in [1.54, 1.807) is 4.90 Å². The molecule has 0 saturated heterocycles. The third-order valence-electron chi connectivity index (χ3n) is 2.68. The van der Waals surface area contributed by atoms with Gasteiger partial charge in [-0.05, 0) is 25.0 Å². The molecule has 2 rings (SSSR count). The Morgan fingerprint density at radius 3 is 2.65 bits per heavy atom. The van der Waals surface area contributed by atoms with Crippen LogP contribution >= 0.6 is 11.6 Å². The molecule has 17 heavy (non-hydrogen) atoms. The van der Waals surface area contributed by atoms with Crippen LogP contribution in [0.1, 0.15) is 18.4 Å². The summed E-state index contributed by atoms with van der Waals surface area (Å²) in [5.41, 5.74) is -0.683. The summed E-state index contributed by atoms with van der Waals surface area (Å²) in [6.45, 7) is 0.395. The van der Waals surface area contributed by atoms with E-state index in [4.69, 9.17) is 11.6 Å². The van der Waals surface area contributed by atoms with E-state index in [9.17, 15) is 13.2 Å². The van der Waals surface area contributed by atoms with Crippen LogP contribution in [0.4, 0.5) is 19.0 Å². The summed E-state index contributed by atoms with van der Waals surface area (Å²) in [6.07, 6.45) is -1.17. The van der Waals surface area contributed by atoms with E-state index in [0.717, 1.165) is 18.9 Å². The van der Waals surface area contributed by atoms with Gasteiger partial charge < -0.3 is 4.90 Å². The molecular weight excluding hydrogens is 253 g/mol. The van der Waals surface area contributed by atoms with Crippen LogP contribution in [0.2, 0.25) is 0 Å². The Labute approximate surface area is 102 Å². The lowest BCUT2D eigenvalue weighted by Gasteiger charge is -2.25. The average Bonchev–Trinajstić information content (AvgIpc) is 3.08. The highest BCUT2D eigenvalue weighted by atomic mass is 35.5. The highest BCUT2D eigenvalue weighted by Gasteiger charge is 2.38. The van der Waals surface area contributed by atoms with Gasteiger partial charge in [0, 0.05) is 24.7 Å². The Balaban J connectivity index is 2.35. The molecule has 1 fully saturated rings. The number of hydrogen-bond acceptors (Lipinski definition) is 2. The largest absolute Gasteiger partial charge is 0.419 e. The van der Waals surface area contributed by atoms with Gasteiger partial charge in [0.15, 0.2) is 0 Å². The molecule has 0 amide bonds. The molecule has 0 N–H and O–H groups in total. The molecule has 0 unspecified atom stereocenters. The fraction of sp³-hybridized carbons (Fsp3) is 0.545. The van der Waals surface area contributed by atoms with Gasteiger partial charge in [-0.25, -0.2) is 4.98 Å². The van der Waals surface area contributed by atoms with Gasteiger partial charge in [-0.15, -0.1) is 11.6 Å². The Kier molecular flexibility index (Phi) is 3.47. The standard InChI is InChI=1S/C11H12ClF3N2/c12-5-7-17(8-3-4-8)10-9(11(13,14)15)2-1-6-16-10/h1-2,6,8H,3-5,7H2. The summed E-state index contributed by atoms with van der Waals surface area (Å²) in [4.78, 5) is 5.54. The Morgan fingerprint density at radius 1 is 1.41 bits per heavy atom. The highest BCUT2D eigenvalue weighted by Crippen LogP contribution is 2.39. The maximum Gasteiger partial charge on any atom is 0.419 e. The number of nitrogens with zero attached hydrogens (tertiary/aromatic N) is 2. The van der Waals surface area contributed by atoms with Gasteiger partial charge in [0.2, 0.25) is 0 Å². The van der Waals surface area contributed by atoms with Crippen LogP contribution in [-0.2, 0) is 6.18 Å². The molecule has 0 aliphatic heterocycles. The van der Waals surface area contributed by atoms with Crippen molar-refractivity contribution < 1.29 is 13.2 Å². The number of anilines is 1. The number of pyridine rings is 1. The Morgan fingerprint density at radius 2 is 2.12 bits per heavy atom. The molecule has 2 nitrogen and oxygen atoms in total. The topological polar surface area (TPSA) is 16.1 Å². The van der Waals surface area contributed by atoms with E-state index < -0.39 is 11.7 Å². The highest BCUT2D eigenvalue weighted by molar-refractivity contribution is 6.18. The van der Waals surface area contributed by atoms with E-state index in [0.29, 0.717) is 12.4 Å². The van der Waals surface area contributed by atoms with E-state index >= 15 is 0 Å². The normalized spacial score (nSPS) is 16.0. The Hall–Kier alpha value is -0.970. The smallest absolute Gasteiger partial charge is 0.352 e. The first kappa shape index (κ1) is 12.5. The molecule has 94 valence electrons. The summed E-state index contributed by atoms with van der Waals surface area (Å²) in [5, 5.41) is 0. The first-order valence-corrected chi connectivity index (χ1v) is 5.92. The molecule has 1 saturated carbocycles. The van der Waals surface area contributed by atoms with Crippen molar-refractivity contribution >= 4 is 17.4 Å². The van der Waals surface area contributed by atoms with Crippen molar-refractivity contribution in [3.05, 3.63) is 23.9 Å². The van der Waals surface area contributed by atoms with E-state index in [-0.39, 0.29) is 11.9 Å². The second kappa shape index (κ2) is 4.72. The molecule has 6 heteroatoms. The minimum atomic E-state index is -4.37. The summed E-state index contributed by atoms with van der Waals surface area (Å²) in [5.74, 6) is 0.299. The molecular formula is C11H12ClF3N2. The van der Waals surface area contributed by atoms with Gasteiger partial charge in [0.1, 0.15) is 5.82 Å². The van der Waals surface area contributed by atoms with Crippen LogP contribution in [0, 0.1) is 0 Å². The molecule has 0 bridgehead atoms. The van der Waals surface area contributed by atoms with Crippen LogP contribution in [0.25, 0.3) is 0 Å². The number of alkyl halides is 4. The van der Waals surface area contributed by atoms with Gasteiger partial charge in [0.25, 0.3) is 0 Å². The molecule has 0 radical (unpaired) electrons. The van der Waals surface area contributed by atoms with Crippen molar-refractivity contribution in [2.45, 2.75) is 25.1 Å². The van der Waals surface area contributed by atoms with Crippen molar-refractivity contribution in [1.29, 1.82) is 0 Å². The lowest BCUT2D eigenvalue weighted by molar-refractivity contribution is -0.137. The number of aromatic nitrogens is 1. The predicted molar refractivity (Wildman–Crippen MR) is 60.3 cm³/mol. The summed E-state index contributed by atoms with van der Waals surface area (Å²) >= 11 is 5.63. The predicted octanol–water partition coefficient (Wildman–Crippen LogP) is 3.31. The van der Waals surface area contributed by atoms with E-state index in [1.165, 1.54) is 12.3 Å². The Bertz CT molecular complexity index is 391. The average molecular weight is 265 g/mol. The van der Waals surface area contributed by atoms with Gasteiger partial charge in [-0.1, -0.05) is 0 Å². The SMILES string of the molecule is FC(F)(F)c1cccnc1N(CCCl)C1CC1. The molecule has 1 aromatic rings. The van der Waals surface area contributed by atoms with Crippen molar-refractivity contribution in [3.63, 3.8) is 0 Å². The fourth-order valence-electron chi connectivity index (χ4n) is 1.79. The second-order valence-electron chi connectivity index (χ2n) is 3.99. The van der Waals surface area contributed by atoms with Crippen molar-refractivity contribution in [2.75, 3.05) is 17.3 Å². The second-order valence-corrected chi connectivity index (χ2v) is 4.36. The van der Waals surface area contributed by atoms with Gasteiger partial charge in [-0.3, -0.25) is 0 Å². The van der Waals surface area contributed by atoms with Crippen molar-refractivity contribution in [2.24, 2.45) is 0 Å². The van der Waals surface area contributed by atoms with Crippen LogP contribution < -0.4 is 4.90 Å². The zero-order valence-electron chi connectivity index (χ0n) is 9.04. The first-order valence-electron chi connectivity index (χ1n) is 5.39. The number of hydrogen-bond donors (Lipinski definition) is 0. The van der Waals surface area contributed by atoms with Gasteiger partial charge >= 0.3 is 6.18 Å². The molecule has 1 aliphatic rings. The van der Waals surface area contributed by atoms with Crippen LogP contribution in [0.5, 0.6) is 0 Å². The molecule has 0 aromatic carbocycles. The molecule has 0 atom stereocenters. The molecule has 0 spiro atoms. The summed E-state index contributed by atoms with van der Waals surface area (Å²) < 4.78 is 38.5. The number of rotatable bonds is 4. The molecule has 1 aliphatic carbocycles. The maximum absolute atomic E-state index is 12.8. The third-order valence-corrected chi connectivity index (χ3v) is 2.85. The van der Waals surface area contributed by atoms with E-state index in [1.807, 2.05) is 0 Å². The minimum Gasteiger partial charge on any atom is -0.352 e. The third kappa shape index (κ3) is 2.83. The molecule has 1 aromatic heterocycles. The summed E-state index contributed by atoms with van der Waals surface area (Å²) in [6, 6.07) is 2.52. The van der Waals surface area contributed by atoms with Crippen LogP contribution in [-0.4, -0.2) is 23.5 Å². The monoisotopic (exact) mass is 264 g/mol. The summed E-state index contributed by atoms with van der Waals surface area (Å²) in [7, 11) is 0. The zero-order chi connectivity index (χ0) is 12.5. The van der Waals surface area contributed by atoms with Crippen LogP contribution in [0.15, 0.2) is 18.3 Å². The van der Waals surface area contributed by atoms with E-state index in [2.05, 4.69) is 4.98 Å². The van der Waals surface area contributed by atoms with Crippen molar-refractivity contribution in [3.8, 4) is 0 Å². The van der Waals surface area contributed by atoms with Crippen LogP contribution in [0.3, 0.4) is 0 Å². The van der Waals surface area contributed by atoms with Crippen molar-refractivity contribution in [1.82, 2.24) is 4.98 Å².